The predicted molar refractivity (Wildman–Crippen MR) is 91.6 cm³/mol. The van der Waals surface area contributed by atoms with Crippen molar-refractivity contribution in [3.8, 4) is 0 Å². The molecule has 0 aromatic heterocycles. The van der Waals surface area contributed by atoms with Crippen molar-refractivity contribution in [2.75, 3.05) is 16.8 Å². The number of hydrogen-bond acceptors (Lipinski definition) is 2. The highest BCUT2D eigenvalue weighted by Crippen LogP contribution is 2.29. The second-order valence-electron chi connectivity index (χ2n) is 5.88. The Bertz CT molecular complexity index is 857. The lowest BCUT2D eigenvalue weighted by Crippen LogP contribution is -2.33. The van der Waals surface area contributed by atoms with Gasteiger partial charge in [0.2, 0.25) is 11.8 Å². The van der Waals surface area contributed by atoms with E-state index < -0.39 is 23.5 Å². The van der Waals surface area contributed by atoms with E-state index in [2.05, 4.69) is 5.32 Å². The van der Waals surface area contributed by atoms with Gasteiger partial charge in [-0.05, 0) is 49.2 Å². The van der Waals surface area contributed by atoms with Gasteiger partial charge in [-0.3, -0.25) is 9.59 Å². The van der Waals surface area contributed by atoms with Crippen LogP contribution < -0.4 is 10.2 Å². The number of nitrogens with zero attached hydrogens (tertiary/aromatic N) is 1. The molecule has 0 spiro atoms. The number of anilines is 2. The molecular formula is C18H15ClF2N2O2. The predicted octanol–water partition coefficient (Wildman–Crippen LogP) is 3.92. The fourth-order valence-electron chi connectivity index (χ4n) is 2.79. The third-order valence-corrected chi connectivity index (χ3v) is 4.59. The molecule has 2 aromatic carbocycles. The Morgan fingerprint density at radius 2 is 2.00 bits per heavy atom. The summed E-state index contributed by atoms with van der Waals surface area (Å²) in [4.78, 5) is 26.4. The van der Waals surface area contributed by atoms with E-state index in [1.807, 2.05) is 6.92 Å². The number of carbonyl (C=O) groups is 2. The Labute approximate surface area is 148 Å². The van der Waals surface area contributed by atoms with Crippen LogP contribution in [-0.4, -0.2) is 18.4 Å². The Hall–Kier alpha value is -2.47. The van der Waals surface area contributed by atoms with Crippen LogP contribution in [0.25, 0.3) is 0 Å². The third-order valence-electron chi connectivity index (χ3n) is 4.16. The Balaban J connectivity index is 1.74. The minimum Gasteiger partial charge on any atom is -0.323 e. The summed E-state index contributed by atoms with van der Waals surface area (Å²) in [6.07, 6.45) is 0.315. The highest BCUT2D eigenvalue weighted by atomic mass is 35.5. The lowest BCUT2D eigenvalue weighted by Gasteiger charge is -2.18. The first kappa shape index (κ1) is 17.4. The Morgan fingerprint density at radius 1 is 1.24 bits per heavy atom. The monoisotopic (exact) mass is 364 g/mol. The van der Waals surface area contributed by atoms with E-state index in [0.29, 0.717) is 29.7 Å². The van der Waals surface area contributed by atoms with Gasteiger partial charge in [-0.15, -0.1) is 0 Å². The van der Waals surface area contributed by atoms with Crippen molar-refractivity contribution >= 4 is 34.8 Å². The number of hydrogen-bond donors (Lipinski definition) is 1. The Kier molecular flexibility index (Phi) is 4.72. The molecule has 1 aliphatic rings. The van der Waals surface area contributed by atoms with Gasteiger partial charge >= 0.3 is 0 Å². The van der Waals surface area contributed by atoms with Gasteiger partial charge in [0.15, 0.2) is 0 Å². The van der Waals surface area contributed by atoms with Crippen LogP contribution in [0.15, 0.2) is 36.4 Å². The van der Waals surface area contributed by atoms with Crippen molar-refractivity contribution in [3.63, 3.8) is 0 Å². The first-order valence-corrected chi connectivity index (χ1v) is 8.08. The zero-order valence-corrected chi connectivity index (χ0v) is 14.1. The Morgan fingerprint density at radius 3 is 2.68 bits per heavy atom. The normalized spacial score (nSPS) is 17.0. The molecule has 1 aliphatic heterocycles. The van der Waals surface area contributed by atoms with Gasteiger partial charge in [-0.25, -0.2) is 8.78 Å². The molecule has 0 saturated carbocycles. The number of amides is 2. The van der Waals surface area contributed by atoms with Crippen LogP contribution in [0.2, 0.25) is 5.02 Å². The first-order chi connectivity index (χ1) is 11.9. The van der Waals surface area contributed by atoms with Crippen LogP contribution in [0.3, 0.4) is 0 Å². The van der Waals surface area contributed by atoms with Crippen LogP contribution in [0.4, 0.5) is 20.2 Å². The molecule has 0 aliphatic carbocycles. The number of carbonyl (C=O) groups excluding carboxylic acids is 2. The molecule has 25 heavy (non-hydrogen) atoms. The summed E-state index contributed by atoms with van der Waals surface area (Å²) in [5.74, 6) is -3.51. The SMILES string of the molecule is Cc1cc(N2CC[C@H](C(=O)Nc3ccc(F)cc3F)C2=O)ccc1Cl. The fraction of sp³-hybridized carbons (Fsp3) is 0.222. The van der Waals surface area contributed by atoms with E-state index in [1.165, 1.54) is 4.90 Å². The molecule has 1 N–H and O–H groups in total. The van der Waals surface area contributed by atoms with Crippen LogP contribution in [0, 0.1) is 24.5 Å². The number of aryl methyl sites for hydroxylation is 1. The summed E-state index contributed by atoms with van der Waals surface area (Å²) < 4.78 is 26.6. The summed E-state index contributed by atoms with van der Waals surface area (Å²) in [6, 6.07) is 8.03. The standard InChI is InChI=1S/C18H15ClF2N2O2/c1-10-8-12(3-4-14(10)19)23-7-6-13(18(23)25)17(24)22-16-5-2-11(20)9-15(16)21/h2-5,8-9,13H,6-7H2,1H3,(H,22,24)/t13-/m1/s1. The van der Waals surface area contributed by atoms with Gasteiger partial charge in [0.05, 0.1) is 5.69 Å². The molecule has 7 heteroatoms. The minimum absolute atomic E-state index is 0.153. The fourth-order valence-corrected chi connectivity index (χ4v) is 2.90. The summed E-state index contributed by atoms with van der Waals surface area (Å²) >= 11 is 5.99. The molecule has 0 radical (unpaired) electrons. The minimum atomic E-state index is -0.916. The summed E-state index contributed by atoms with van der Waals surface area (Å²) in [5, 5.41) is 2.95. The first-order valence-electron chi connectivity index (χ1n) is 7.70. The molecule has 1 heterocycles. The molecule has 130 valence electrons. The van der Waals surface area contributed by atoms with Crippen LogP contribution in [0.1, 0.15) is 12.0 Å². The van der Waals surface area contributed by atoms with E-state index in [1.54, 1.807) is 18.2 Å². The van der Waals surface area contributed by atoms with Gasteiger partial charge in [-0.2, -0.15) is 0 Å². The average molecular weight is 365 g/mol. The van der Waals surface area contributed by atoms with E-state index in [9.17, 15) is 18.4 Å². The average Bonchev–Trinajstić information content (AvgIpc) is 2.94. The van der Waals surface area contributed by atoms with Crippen molar-refractivity contribution in [1.29, 1.82) is 0 Å². The molecule has 1 fully saturated rings. The maximum atomic E-state index is 13.7. The zero-order valence-electron chi connectivity index (χ0n) is 13.4. The van der Waals surface area contributed by atoms with Gasteiger partial charge in [0.25, 0.3) is 0 Å². The van der Waals surface area contributed by atoms with Gasteiger partial charge in [0.1, 0.15) is 17.6 Å². The topological polar surface area (TPSA) is 49.4 Å². The van der Waals surface area contributed by atoms with Crippen molar-refractivity contribution in [3.05, 3.63) is 58.6 Å². The van der Waals surface area contributed by atoms with E-state index in [-0.39, 0.29) is 11.6 Å². The second-order valence-corrected chi connectivity index (χ2v) is 6.29. The van der Waals surface area contributed by atoms with Crippen LogP contribution in [-0.2, 0) is 9.59 Å². The highest BCUT2D eigenvalue weighted by molar-refractivity contribution is 6.31. The largest absolute Gasteiger partial charge is 0.323 e. The summed E-state index contributed by atoms with van der Waals surface area (Å²) in [7, 11) is 0. The zero-order chi connectivity index (χ0) is 18.1. The van der Waals surface area contributed by atoms with Crippen molar-refractivity contribution in [2.45, 2.75) is 13.3 Å². The molecule has 0 bridgehead atoms. The van der Waals surface area contributed by atoms with Gasteiger partial charge in [-0.1, -0.05) is 11.6 Å². The summed E-state index contributed by atoms with van der Waals surface area (Å²) in [6.45, 7) is 2.21. The lowest BCUT2D eigenvalue weighted by molar-refractivity contribution is -0.129. The molecule has 3 rings (SSSR count). The van der Waals surface area contributed by atoms with Crippen molar-refractivity contribution in [1.82, 2.24) is 0 Å². The molecule has 2 amide bonds. The van der Waals surface area contributed by atoms with E-state index in [0.717, 1.165) is 17.7 Å². The number of nitrogens with one attached hydrogen (secondary N) is 1. The molecule has 2 aromatic rings. The molecule has 1 saturated heterocycles. The smallest absolute Gasteiger partial charge is 0.239 e. The number of halogens is 3. The summed E-state index contributed by atoms with van der Waals surface area (Å²) in [5.41, 5.74) is 1.34. The van der Waals surface area contributed by atoms with Crippen LogP contribution >= 0.6 is 11.6 Å². The van der Waals surface area contributed by atoms with Gasteiger partial charge in [0, 0.05) is 23.3 Å². The third kappa shape index (κ3) is 3.49. The number of rotatable bonds is 3. The second kappa shape index (κ2) is 6.80. The van der Waals surface area contributed by atoms with E-state index >= 15 is 0 Å². The van der Waals surface area contributed by atoms with Gasteiger partial charge < -0.3 is 10.2 Å². The quantitative estimate of drug-likeness (QED) is 0.839. The van der Waals surface area contributed by atoms with Crippen LogP contribution in [0.5, 0.6) is 0 Å². The molecule has 1 atom stereocenters. The number of benzene rings is 2. The van der Waals surface area contributed by atoms with Crippen molar-refractivity contribution < 1.29 is 18.4 Å². The molecule has 4 nitrogen and oxygen atoms in total. The molecule has 0 unspecified atom stereocenters. The van der Waals surface area contributed by atoms with E-state index in [4.69, 9.17) is 11.6 Å². The highest BCUT2D eigenvalue weighted by Gasteiger charge is 2.37. The maximum Gasteiger partial charge on any atom is 0.239 e. The van der Waals surface area contributed by atoms with Crippen molar-refractivity contribution in [2.24, 2.45) is 5.92 Å². The lowest BCUT2D eigenvalue weighted by atomic mass is 10.1. The molecular weight excluding hydrogens is 350 g/mol. The maximum absolute atomic E-state index is 13.7.